The first-order valence-corrected chi connectivity index (χ1v) is 6.68. The molecule has 1 aliphatic carbocycles. The summed E-state index contributed by atoms with van der Waals surface area (Å²) < 4.78 is 0. The van der Waals surface area contributed by atoms with Crippen molar-refractivity contribution >= 4 is 0 Å². The number of aryl methyl sites for hydroxylation is 2. The van der Waals surface area contributed by atoms with Gasteiger partial charge < -0.3 is 5.32 Å². The lowest BCUT2D eigenvalue weighted by Crippen LogP contribution is -2.31. The van der Waals surface area contributed by atoms with Crippen LogP contribution in [0.4, 0.5) is 0 Å². The Morgan fingerprint density at radius 1 is 1.19 bits per heavy atom. The number of nitrogens with one attached hydrogen (secondary N) is 1. The smallest absolute Gasteiger partial charge is 0.0136 e. The van der Waals surface area contributed by atoms with Crippen LogP contribution in [0, 0.1) is 6.92 Å². The Morgan fingerprint density at radius 3 is 2.94 bits per heavy atom. The molecule has 1 fully saturated rings. The van der Waals surface area contributed by atoms with Crippen LogP contribution < -0.4 is 5.32 Å². The Balaban J connectivity index is 1.98. The number of benzene rings is 1. The molecule has 2 unspecified atom stereocenters. The van der Waals surface area contributed by atoms with Crippen molar-refractivity contribution in [2.45, 2.75) is 51.0 Å². The summed E-state index contributed by atoms with van der Waals surface area (Å²) in [6.07, 6.45) is 6.79. The van der Waals surface area contributed by atoms with E-state index in [2.05, 4.69) is 30.4 Å². The molecule has 3 rings (SSSR count). The molecular formula is C15H21N. The van der Waals surface area contributed by atoms with Gasteiger partial charge in [0, 0.05) is 6.04 Å². The third-order valence-electron chi connectivity index (χ3n) is 4.33. The summed E-state index contributed by atoms with van der Waals surface area (Å²) in [5, 5.41) is 3.69. The second kappa shape index (κ2) is 4.21. The molecule has 1 aliphatic heterocycles. The van der Waals surface area contributed by atoms with Crippen molar-refractivity contribution in [3.05, 3.63) is 34.9 Å². The van der Waals surface area contributed by atoms with Crippen molar-refractivity contribution in [1.29, 1.82) is 0 Å². The highest BCUT2D eigenvalue weighted by atomic mass is 14.9. The topological polar surface area (TPSA) is 12.0 Å². The van der Waals surface area contributed by atoms with Gasteiger partial charge in [-0.2, -0.15) is 0 Å². The van der Waals surface area contributed by atoms with Crippen LogP contribution in [0.1, 0.15) is 48.3 Å². The van der Waals surface area contributed by atoms with E-state index in [9.17, 15) is 0 Å². The van der Waals surface area contributed by atoms with Gasteiger partial charge in [0.25, 0.3) is 0 Å². The van der Waals surface area contributed by atoms with Gasteiger partial charge in [0.1, 0.15) is 0 Å². The monoisotopic (exact) mass is 215 g/mol. The molecule has 1 nitrogen and oxygen atoms in total. The number of fused-ring (bicyclic) bond motifs is 1. The van der Waals surface area contributed by atoms with Gasteiger partial charge in [0.15, 0.2) is 0 Å². The van der Waals surface area contributed by atoms with Crippen molar-refractivity contribution in [3.8, 4) is 0 Å². The van der Waals surface area contributed by atoms with Crippen LogP contribution in [0.3, 0.4) is 0 Å². The maximum absolute atomic E-state index is 3.69. The Morgan fingerprint density at radius 2 is 2.12 bits per heavy atom. The summed E-state index contributed by atoms with van der Waals surface area (Å²) in [5.41, 5.74) is 4.80. The molecule has 1 N–H and O–H groups in total. The zero-order valence-electron chi connectivity index (χ0n) is 10.1. The molecule has 86 valence electrons. The van der Waals surface area contributed by atoms with Crippen molar-refractivity contribution in [2.75, 3.05) is 6.54 Å². The van der Waals surface area contributed by atoms with E-state index in [0.717, 1.165) is 12.0 Å². The molecule has 16 heavy (non-hydrogen) atoms. The Hall–Kier alpha value is -0.820. The van der Waals surface area contributed by atoms with Crippen LogP contribution in [0.25, 0.3) is 0 Å². The molecule has 0 aromatic heterocycles. The van der Waals surface area contributed by atoms with E-state index in [4.69, 9.17) is 0 Å². The lowest BCUT2D eigenvalue weighted by atomic mass is 9.76. The van der Waals surface area contributed by atoms with E-state index in [-0.39, 0.29) is 0 Å². The average molecular weight is 215 g/mol. The highest BCUT2D eigenvalue weighted by Crippen LogP contribution is 2.38. The molecule has 2 atom stereocenters. The average Bonchev–Trinajstić information content (AvgIpc) is 2.82. The fourth-order valence-electron chi connectivity index (χ4n) is 3.60. The Bertz CT molecular complexity index is 377. The van der Waals surface area contributed by atoms with E-state index in [1.165, 1.54) is 44.2 Å². The van der Waals surface area contributed by atoms with Crippen LogP contribution in [0.2, 0.25) is 0 Å². The standard InChI is InChI=1S/C15H21N/c1-11-5-2-6-12-7-3-8-13(15(11)12)14-9-4-10-16-14/h2,5-6,13-14,16H,3-4,7-10H2,1H3. The molecule has 1 saturated heterocycles. The van der Waals surface area contributed by atoms with Crippen LogP contribution in [-0.2, 0) is 6.42 Å². The van der Waals surface area contributed by atoms with Crippen molar-refractivity contribution in [2.24, 2.45) is 0 Å². The Kier molecular flexibility index (Phi) is 2.72. The van der Waals surface area contributed by atoms with Gasteiger partial charge in [-0.3, -0.25) is 0 Å². The van der Waals surface area contributed by atoms with Gasteiger partial charge in [-0.05, 0) is 68.2 Å². The zero-order chi connectivity index (χ0) is 11.0. The fourth-order valence-corrected chi connectivity index (χ4v) is 3.60. The lowest BCUT2D eigenvalue weighted by Gasteiger charge is -2.31. The minimum atomic E-state index is 0.750. The summed E-state index contributed by atoms with van der Waals surface area (Å²) in [7, 11) is 0. The van der Waals surface area contributed by atoms with Gasteiger partial charge in [0.2, 0.25) is 0 Å². The van der Waals surface area contributed by atoms with E-state index in [1.807, 2.05) is 0 Å². The van der Waals surface area contributed by atoms with E-state index >= 15 is 0 Å². The molecule has 0 radical (unpaired) electrons. The largest absolute Gasteiger partial charge is 0.313 e. The first-order chi connectivity index (χ1) is 7.86. The maximum Gasteiger partial charge on any atom is 0.0136 e. The van der Waals surface area contributed by atoms with Crippen LogP contribution in [-0.4, -0.2) is 12.6 Å². The molecule has 0 saturated carbocycles. The molecule has 1 aromatic rings. The molecule has 1 heteroatoms. The van der Waals surface area contributed by atoms with Crippen molar-refractivity contribution in [3.63, 3.8) is 0 Å². The predicted octanol–water partition coefficient (Wildman–Crippen LogP) is 3.17. The number of hydrogen-bond acceptors (Lipinski definition) is 1. The molecular weight excluding hydrogens is 194 g/mol. The first-order valence-electron chi connectivity index (χ1n) is 6.68. The maximum atomic E-state index is 3.69. The fraction of sp³-hybridized carbons (Fsp3) is 0.600. The summed E-state index contributed by atoms with van der Waals surface area (Å²) in [5.74, 6) is 0.785. The van der Waals surface area contributed by atoms with E-state index in [1.54, 1.807) is 11.1 Å². The molecule has 0 bridgehead atoms. The Labute approximate surface area is 98.3 Å². The summed E-state index contributed by atoms with van der Waals surface area (Å²) in [6.45, 7) is 3.51. The summed E-state index contributed by atoms with van der Waals surface area (Å²) in [4.78, 5) is 0. The second-order valence-corrected chi connectivity index (χ2v) is 5.35. The van der Waals surface area contributed by atoms with E-state index < -0.39 is 0 Å². The van der Waals surface area contributed by atoms with Crippen LogP contribution in [0.5, 0.6) is 0 Å². The molecule has 0 amide bonds. The molecule has 1 heterocycles. The third-order valence-corrected chi connectivity index (χ3v) is 4.33. The van der Waals surface area contributed by atoms with Crippen LogP contribution in [0.15, 0.2) is 18.2 Å². The minimum absolute atomic E-state index is 0.750. The normalized spacial score (nSPS) is 29.1. The summed E-state index contributed by atoms with van der Waals surface area (Å²) in [6, 6.07) is 7.59. The summed E-state index contributed by atoms with van der Waals surface area (Å²) >= 11 is 0. The van der Waals surface area contributed by atoms with E-state index in [0.29, 0.717) is 0 Å². The van der Waals surface area contributed by atoms with Gasteiger partial charge in [0.05, 0.1) is 0 Å². The van der Waals surface area contributed by atoms with Gasteiger partial charge in [-0.1, -0.05) is 18.2 Å². The third kappa shape index (κ3) is 1.67. The van der Waals surface area contributed by atoms with Gasteiger partial charge in [-0.25, -0.2) is 0 Å². The minimum Gasteiger partial charge on any atom is -0.313 e. The first kappa shape index (κ1) is 10.3. The number of hydrogen-bond donors (Lipinski definition) is 1. The quantitative estimate of drug-likeness (QED) is 0.758. The molecule has 1 aromatic carbocycles. The second-order valence-electron chi connectivity index (χ2n) is 5.35. The van der Waals surface area contributed by atoms with Gasteiger partial charge in [-0.15, -0.1) is 0 Å². The predicted molar refractivity (Wildman–Crippen MR) is 67.9 cm³/mol. The highest BCUT2D eigenvalue weighted by Gasteiger charge is 2.30. The van der Waals surface area contributed by atoms with Crippen LogP contribution >= 0.6 is 0 Å². The molecule has 2 aliphatic rings. The molecule has 0 spiro atoms. The van der Waals surface area contributed by atoms with Crippen molar-refractivity contribution in [1.82, 2.24) is 5.32 Å². The number of rotatable bonds is 1. The SMILES string of the molecule is Cc1cccc2c1C(C1CCCN1)CCC2. The van der Waals surface area contributed by atoms with Gasteiger partial charge >= 0.3 is 0 Å². The van der Waals surface area contributed by atoms with Crippen molar-refractivity contribution < 1.29 is 0 Å². The zero-order valence-corrected chi connectivity index (χ0v) is 10.1. The lowest BCUT2D eigenvalue weighted by molar-refractivity contribution is 0.430. The highest BCUT2D eigenvalue weighted by molar-refractivity contribution is 5.40.